The largest absolute Gasteiger partial charge is 0.381 e. The molecule has 0 aliphatic rings. The average Bonchev–Trinajstić information content (AvgIpc) is 2.15. The summed E-state index contributed by atoms with van der Waals surface area (Å²) in [5.74, 6) is 0. The summed E-state index contributed by atoms with van der Waals surface area (Å²) in [6.07, 6.45) is 2.16. The number of thiol groups is 1. The van der Waals surface area contributed by atoms with E-state index in [9.17, 15) is 0 Å². The highest BCUT2D eigenvalue weighted by molar-refractivity contribution is 7.80. The van der Waals surface area contributed by atoms with Crippen molar-refractivity contribution in [2.75, 3.05) is 32.8 Å². The molecule has 0 bridgehead atoms. The van der Waals surface area contributed by atoms with Gasteiger partial charge >= 0.3 is 0 Å². The first-order chi connectivity index (χ1) is 6.77. The van der Waals surface area contributed by atoms with Crippen molar-refractivity contribution in [2.45, 2.75) is 32.1 Å². The molecule has 0 rings (SSSR count). The Balaban J connectivity index is 2.85. The third-order valence-corrected chi connectivity index (χ3v) is 1.98. The Kier molecular flexibility index (Phi) is 11.5. The number of hydrogen-bond acceptors (Lipinski definition) is 4. The maximum Gasteiger partial charge on any atom is 0.0478 e. The van der Waals surface area contributed by atoms with Crippen LogP contribution in [0.4, 0.5) is 0 Å². The first-order valence-corrected chi connectivity index (χ1v) is 5.99. The van der Waals surface area contributed by atoms with Crippen LogP contribution in [0.1, 0.15) is 26.7 Å². The molecule has 0 heterocycles. The zero-order chi connectivity index (χ0) is 10.6. The van der Waals surface area contributed by atoms with Crippen LogP contribution >= 0.6 is 12.6 Å². The minimum atomic E-state index is 0.281. The standard InChI is InChI=1S/C10H24N2OS/c1-3-11-6-4-8-13-9-5-7-12-10(2)14/h10-12,14H,3-9H2,1-2H3. The predicted molar refractivity (Wildman–Crippen MR) is 65.0 cm³/mol. The van der Waals surface area contributed by atoms with Gasteiger partial charge in [0.05, 0.1) is 0 Å². The Hall–Kier alpha value is 0.230. The number of nitrogens with one attached hydrogen (secondary N) is 2. The van der Waals surface area contributed by atoms with Crippen molar-refractivity contribution >= 4 is 12.6 Å². The molecule has 3 nitrogen and oxygen atoms in total. The molecule has 14 heavy (non-hydrogen) atoms. The van der Waals surface area contributed by atoms with Gasteiger partial charge in [0, 0.05) is 18.6 Å². The van der Waals surface area contributed by atoms with Gasteiger partial charge in [-0.1, -0.05) is 6.92 Å². The molecule has 0 aliphatic carbocycles. The molecular weight excluding hydrogens is 196 g/mol. The lowest BCUT2D eigenvalue weighted by atomic mass is 10.4. The van der Waals surface area contributed by atoms with Crippen molar-refractivity contribution in [1.29, 1.82) is 0 Å². The first kappa shape index (κ1) is 14.2. The molecule has 86 valence electrons. The molecule has 0 aromatic heterocycles. The molecular formula is C10H24N2OS. The highest BCUT2D eigenvalue weighted by Gasteiger charge is 1.92. The molecule has 1 unspecified atom stereocenters. The lowest BCUT2D eigenvalue weighted by Gasteiger charge is -2.07. The van der Waals surface area contributed by atoms with E-state index in [1.165, 1.54) is 0 Å². The third kappa shape index (κ3) is 12.2. The summed E-state index contributed by atoms with van der Waals surface area (Å²) >= 11 is 4.22. The molecule has 0 aromatic carbocycles. The second-order valence-electron chi connectivity index (χ2n) is 3.30. The third-order valence-electron chi connectivity index (χ3n) is 1.80. The van der Waals surface area contributed by atoms with E-state index in [1.807, 2.05) is 6.92 Å². The van der Waals surface area contributed by atoms with Crippen molar-refractivity contribution < 1.29 is 4.74 Å². The van der Waals surface area contributed by atoms with Crippen LogP contribution in [0.25, 0.3) is 0 Å². The first-order valence-electron chi connectivity index (χ1n) is 5.47. The van der Waals surface area contributed by atoms with E-state index in [-0.39, 0.29) is 5.37 Å². The van der Waals surface area contributed by atoms with Crippen molar-refractivity contribution in [1.82, 2.24) is 10.6 Å². The maximum atomic E-state index is 5.46. The summed E-state index contributed by atoms with van der Waals surface area (Å²) in [6.45, 7) is 8.94. The zero-order valence-corrected chi connectivity index (χ0v) is 10.3. The summed E-state index contributed by atoms with van der Waals surface area (Å²) in [5.41, 5.74) is 0. The summed E-state index contributed by atoms with van der Waals surface area (Å²) < 4.78 is 5.46. The molecule has 1 atom stereocenters. The van der Waals surface area contributed by atoms with Gasteiger partial charge in [0.2, 0.25) is 0 Å². The van der Waals surface area contributed by atoms with E-state index in [0.717, 1.165) is 45.7 Å². The number of rotatable bonds is 10. The SMILES string of the molecule is CCNCCCOCCCNC(C)S. The van der Waals surface area contributed by atoms with Crippen molar-refractivity contribution in [2.24, 2.45) is 0 Å². The average molecular weight is 220 g/mol. The topological polar surface area (TPSA) is 33.3 Å². The number of hydrogen-bond donors (Lipinski definition) is 3. The van der Waals surface area contributed by atoms with Gasteiger partial charge in [-0.05, 0) is 39.4 Å². The van der Waals surface area contributed by atoms with Gasteiger partial charge in [0.15, 0.2) is 0 Å². The smallest absolute Gasteiger partial charge is 0.0478 e. The summed E-state index contributed by atoms with van der Waals surface area (Å²) in [5, 5.41) is 6.77. The molecule has 4 heteroatoms. The normalized spacial score (nSPS) is 13.1. The fourth-order valence-corrected chi connectivity index (χ4v) is 1.19. The van der Waals surface area contributed by atoms with Crippen LogP contribution in [0.15, 0.2) is 0 Å². The van der Waals surface area contributed by atoms with Gasteiger partial charge in [0.1, 0.15) is 0 Å². The summed E-state index contributed by atoms with van der Waals surface area (Å²) in [7, 11) is 0. The van der Waals surface area contributed by atoms with Crippen molar-refractivity contribution in [3.63, 3.8) is 0 Å². The van der Waals surface area contributed by atoms with E-state index in [2.05, 4.69) is 30.2 Å². The molecule has 0 fully saturated rings. The fraction of sp³-hybridized carbons (Fsp3) is 1.00. The van der Waals surface area contributed by atoms with E-state index in [4.69, 9.17) is 4.74 Å². The molecule has 0 aliphatic heterocycles. The van der Waals surface area contributed by atoms with Gasteiger partial charge in [-0.25, -0.2) is 0 Å². The second kappa shape index (κ2) is 11.3. The number of ether oxygens (including phenoxy) is 1. The second-order valence-corrected chi connectivity index (χ2v) is 4.08. The molecule has 0 radical (unpaired) electrons. The van der Waals surface area contributed by atoms with Gasteiger partial charge in [-0.3, -0.25) is 0 Å². The Morgan fingerprint density at radius 1 is 1.21 bits per heavy atom. The quantitative estimate of drug-likeness (QED) is 0.294. The van der Waals surface area contributed by atoms with Crippen LogP contribution in [0.2, 0.25) is 0 Å². The highest BCUT2D eigenvalue weighted by Crippen LogP contribution is 1.88. The maximum absolute atomic E-state index is 5.46. The van der Waals surface area contributed by atoms with Crippen LogP contribution in [-0.2, 0) is 4.74 Å². The fourth-order valence-electron chi connectivity index (χ4n) is 1.06. The summed E-state index contributed by atoms with van der Waals surface area (Å²) in [4.78, 5) is 0. The Morgan fingerprint density at radius 2 is 1.86 bits per heavy atom. The van der Waals surface area contributed by atoms with Crippen LogP contribution in [-0.4, -0.2) is 38.2 Å². The molecule has 0 aromatic rings. The van der Waals surface area contributed by atoms with E-state index in [1.54, 1.807) is 0 Å². The molecule has 0 saturated carbocycles. The minimum Gasteiger partial charge on any atom is -0.381 e. The van der Waals surface area contributed by atoms with E-state index in [0.29, 0.717) is 0 Å². The zero-order valence-electron chi connectivity index (χ0n) is 9.38. The van der Waals surface area contributed by atoms with Crippen molar-refractivity contribution in [3.8, 4) is 0 Å². The van der Waals surface area contributed by atoms with E-state index >= 15 is 0 Å². The Labute approximate surface area is 93.4 Å². The lowest BCUT2D eigenvalue weighted by molar-refractivity contribution is 0.129. The van der Waals surface area contributed by atoms with Crippen molar-refractivity contribution in [3.05, 3.63) is 0 Å². The Morgan fingerprint density at radius 3 is 2.43 bits per heavy atom. The predicted octanol–water partition coefficient (Wildman–Crippen LogP) is 1.26. The molecule has 0 spiro atoms. The lowest BCUT2D eigenvalue weighted by Crippen LogP contribution is -2.23. The highest BCUT2D eigenvalue weighted by atomic mass is 32.1. The summed E-state index contributed by atoms with van der Waals surface area (Å²) in [6, 6.07) is 0. The van der Waals surface area contributed by atoms with Crippen LogP contribution in [0.3, 0.4) is 0 Å². The van der Waals surface area contributed by atoms with E-state index < -0.39 is 0 Å². The van der Waals surface area contributed by atoms with Gasteiger partial charge in [0.25, 0.3) is 0 Å². The Bertz CT molecular complexity index is 112. The minimum absolute atomic E-state index is 0.281. The van der Waals surface area contributed by atoms with Crippen LogP contribution in [0.5, 0.6) is 0 Å². The molecule has 2 N–H and O–H groups in total. The molecule has 0 amide bonds. The molecule has 0 saturated heterocycles. The van der Waals surface area contributed by atoms with Gasteiger partial charge in [-0.2, -0.15) is 12.6 Å². The van der Waals surface area contributed by atoms with Crippen LogP contribution in [0, 0.1) is 0 Å². The van der Waals surface area contributed by atoms with Crippen LogP contribution < -0.4 is 10.6 Å². The van der Waals surface area contributed by atoms with Gasteiger partial charge < -0.3 is 15.4 Å². The van der Waals surface area contributed by atoms with Gasteiger partial charge in [-0.15, -0.1) is 0 Å². The monoisotopic (exact) mass is 220 g/mol.